The Morgan fingerprint density at radius 2 is 2.20 bits per heavy atom. The minimum absolute atomic E-state index is 0.583. The quantitative estimate of drug-likeness (QED) is 0.761. The summed E-state index contributed by atoms with van der Waals surface area (Å²) in [6.07, 6.45) is 3.44. The van der Waals surface area contributed by atoms with Crippen LogP contribution >= 0.6 is 23.2 Å². The van der Waals surface area contributed by atoms with Crippen LogP contribution in [0.5, 0.6) is 0 Å². The fourth-order valence-corrected chi connectivity index (χ4v) is 3.10. The van der Waals surface area contributed by atoms with Gasteiger partial charge in [0.1, 0.15) is 5.82 Å². The van der Waals surface area contributed by atoms with Crippen molar-refractivity contribution in [3.05, 3.63) is 29.0 Å². The van der Waals surface area contributed by atoms with Crippen molar-refractivity contribution in [2.45, 2.75) is 31.8 Å². The molecule has 1 aromatic carbocycles. The second-order valence-corrected chi connectivity index (χ2v) is 6.22. The molecule has 1 aliphatic rings. The molecule has 3 nitrogen and oxygen atoms in total. The molecule has 0 amide bonds. The first-order valence-electron chi connectivity index (χ1n) is 7.10. The van der Waals surface area contributed by atoms with E-state index in [0.717, 1.165) is 47.4 Å². The van der Waals surface area contributed by atoms with E-state index in [1.54, 1.807) is 0 Å². The third-order valence-electron chi connectivity index (χ3n) is 3.96. The van der Waals surface area contributed by atoms with E-state index in [1.165, 1.54) is 12.8 Å². The van der Waals surface area contributed by atoms with Gasteiger partial charge >= 0.3 is 0 Å². The molecular weight excluding hydrogens is 293 g/mol. The number of aryl methyl sites for hydroxylation is 1. The van der Waals surface area contributed by atoms with E-state index in [9.17, 15) is 0 Å². The summed E-state index contributed by atoms with van der Waals surface area (Å²) in [6, 6.07) is 6.66. The van der Waals surface area contributed by atoms with Crippen LogP contribution in [0.3, 0.4) is 0 Å². The third-order valence-corrected chi connectivity index (χ3v) is 4.46. The van der Waals surface area contributed by atoms with E-state index in [4.69, 9.17) is 23.2 Å². The lowest BCUT2D eigenvalue weighted by atomic mass is 10.3. The predicted octanol–water partition coefficient (Wildman–Crippen LogP) is 3.57. The lowest BCUT2D eigenvalue weighted by Gasteiger charge is -2.17. The molecule has 0 saturated heterocycles. The Morgan fingerprint density at radius 1 is 1.40 bits per heavy atom. The largest absolute Gasteiger partial charge is 0.325 e. The standard InChI is InChI=1S/C15H19Cl2N3/c1-19(11-5-6-11)9-10-20-14(7-8-16)18-13-4-2-3-12(17)15(13)20/h2-4,11H,5-10H2,1H3. The van der Waals surface area contributed by atoms with Crippen molar-refractivity contribution in [3.63, 3.8) is 0 Å². The van der Waals surface area contributed by atoms with Crippen molar-refractivity contribution in [3.8, 4) is 0 Å². The minimum Gasteiger partial charge on any atom is -0.325 e. The molecule has 108 valence electrons. The summed E-state index contributed by atoms with van der Waals surface area (Å²) < 4.78 is 2.24. The summed E-state index contributed by atoms with van der Waals surface area (Å²) in [4.78, 5) is 7.10. The Morgan fingerprint density at radius 3 is 2.90 bits per heavy atom. The lowest BCUT2D eigenvalue weighted by Crippen LogP contribution is -2.25. The van der Waals surface area contributed by atoms with Gasteiger partial charge in [-0.15, -0.1) is 11.6 Å². The molecule has 20 heavy (non-hydrogen) atoms. The van der Waals surface area contributed by atoms with Crippen molar-refractivity contribution >= 4 is 34.2 Å². The summed E-state index contributed by atoms with van der Waals surface area (Å²) >= 11 is 12.3. The number of rotatable bonds is 6. The molecule has 1 aliphatic carbocycles. The van der Waals surface area contributed by atoms with Gasteiger partial charge in [0.05, 0.1) is 16.1 Å². The van der Waals surface area contributed by atoms with Crippen LogP contribution in [0.4, 0.5) is 0 Å². The molecule has 0 unspecified atom stereocenters. The van der Waals surface area contributed by atoms with Crippen molar-refractivity contribution in [2.24, 2.45) is 0 Å². The Kier molecular flexibility index (Phi) is 4.20. The normalized spacial score (nSPS) is 15.4. The van der Waals surface area contributed by atoms with Gasteiger partial charge in [-0.2, -0.15) is 0 Å². The molecule has 1 fully saturated rings. The summed E-state index contributed by atoms with van der Waals surface area (Å²) in [6.45, 7) is 1.94. The summed E-state index contributed by atoms with van der Waals surface area (Å²) in [5.74, 6) is 1.62. The van der Waals surface area contributed by atoms with Crippen LogP contribution in [0.2, 0.25) is 5.02 Å². The molecule has 0 spiro atoms. The van der Waals surface area contributed by atoms with Crippen LogP contribution in [0, 0.1) is 0 Å². The van der Waals surface area contributed by atoms with Crippen LogP contribution in [0.1, 0.15) is 18.7 Å². The first-order chi connectivity index (χ1) is 9.70. The third kappa shape index (κ3) is 2.80. The number of hydrogen-bond acceptors (Lipinski definition) is 2. The zero-order chi connectivity index (χ0) is 14.1. The second kappa shape index (κ2) is 5.92. The van der Waals surface area contributed by atoms with Gasteiger partial charge in [-0.1, -0.05) is 17.7 Å². The summed E-state index contributed by atoms with van der Waals surface area (Å²) in [7, 11) is 2.19. The number of aromatic nitrogens is 2. The number of imidazole rings is 1. The Bertz CT molecular complexity index is 604. The fourth-order valence-electron chi connectivity index (χ4n) is 2.66. The molecule has 0 atom stereocenters. The maximum atomic E-state index is 6.36. The zero-order valence-corrected chi connectivity index (χ0v) is 13.2. The van der Waals surface area contributed by atoms with Gasteiger partial charge in [-0.05, 0) is 32.0 Å². The minimum atomic E-state index is 0.583. The molecular formula is C15H19Cl2N3. The van der Waals surface area contributed by atoms with Gasteiger partial charge in [0.15, 0.2) is 0 Å². The number of halogens is 2. The van der Waals surface area contributed by atoms with Gasteiger partial charge < -0.3 is 9.47 Å². The van der Waals surface area contributed by atoms with Crippen LogP contribution in [0.15, 0.2) is 18.2 Å². The Balaban J connectivity index is 1.90. The number of hydrogen-bond donors (Lipinski definition) is 0. The van der Waals surface area contributed by atoms with E-state index in [-0.39, 0.29) is 0 Å². The van der Waals surface area contributed by atoms with Crippen LogP contribution in [-0.4, -0.2) is 40.0 Å². The predicted molar refractivity (Wildman–Crippen MR) is 84.8 cm³/mol. The summed E-state index contributed by atoms with van der Waals surface area (Å²) in [5.41, 5.74) is 2.00. The van der Waals surface area contributed by atoms with Gasteiger partial charge in [0.2, 0.25) is 0 Å². The topological polar surface area (TPSA) is 21.1 Å². The van der Waals surface area contributed by atoms with Gasteiger partial charge in [0.25, 0.3) is 0 Å². The molecule has 1 saturated carbocycles. The molecule has 0 aliphatic heterocycles. The van der Waals surface area contributed by atoms with Crippen LogP contribution < -0.4 is 0 Å². The van der Waals surface area contributed by atoms with E-state index >= 15 is 0 Å². The first kappa shape index (κ1) is 14.2. The average Bonchev–Trinajstić information content (AvgIpc) is 3.21. The molecule has 3 rings (SSSR count). The highest BCUT2D eigenvalue weighted by molar-refractivity contribution is 6.35. The first-order valence-corrected chi connectivity index (χ1v) is 8.02. The van der Waals surface area contributed by atoms with Gasteiger partial charge in [0, 0.05) is 31.4 Å². The van der Waals surface area contributed by atoms with Gasteiger partial charge in [-0.25, -0.2) is 4.98 Å². The van der Waals surface area contributed by atoms with Crippen molar-refractivity contribution in [1.82, 2.24) is 14.5 Å². The maximum absolute atomic E-state index is 6.36. The number of alkyl halides is 1. The monoisotopic (exact) mass is 311 g/mol. The molecule has 1 aromatic heterocycles. The highest BCUT2D eigenvalue weighted by Gasteiger charge is 2.26. The molecule has 0 radical (unpaired) electrons. The second-order valence-electron chi connectivity index (χ2n) is 5.44. The Labute approximate surface area is 129 Å². The van der Waals surface area contributed by atoms with E-state index in [2.05, 4.69) is 21.5 Å². The smallest absolute Gasteiger partial charge is 0.111 e. The van der Waals surface area contributed by atoms with Crippen LogP contribution in [-0.2, 0) is 13.0 Å². The van der Waals surface area contributed by atoms with Crippen molar-refractivity contribution in [1.29, 1.82) is 0 Å². The van der Waals surface area contributed by atoms with Crippen molar-refractivity contribution in [2.75, 3.05) is 19.5 Å². The number of para-hydroxylation sites is 1. The SMILES string of the molecule is CN(CCn1c(CCCl)nc2cccc(Cl)c21)C1CC1. The van der Waals surface area contributed by atoms with E-state index in [1.807, 2.05) is 18.2 Å². The Hall–Kier alpha value is -0.770. The molecule has 1 heterocycles. The highest BCUT2D eigenvalue weighted by Crippen LogP contribution is 2.27. The van der Waals surface area contributed by atoms with Gasteiger partial charge in [-0.3, -0.25) is 0 Å². The van der Waals surface area contributed by atoms with Crippen LogP contribution in [0.25, 0.3) is 11.0 Å². The number of benzene rings is 1. The number of fused-ring (bicyclic) bond motifs is 1. The van der Waals surface area contributed by atoms with Crippen molar-refractivity contribution < 1.29 is 0 Å². The van der Waals surface area contributed by atoms with E-state index in [0.29, 0.717) is 5.88 Å². The molecule has 5 heteroatoms. The van der Waals surface area contributed by atoms with E-state index < -0.39 is 0 Å². The lowest BCUT2D eigenvalue weighted by molar-refractivity contribution is 0.309. The highest BCUT2D eigenvalue weighted by atomic mass is 35.5. The molecule has 2 aromatic rings. The number of likely N-dealkylation sites (N-methyl/N-ethyl adjacent to an activating group) is 1. The number of nitrogens with zero attached hydrogens (tertiary/aromatic N) is 3. The average molecular weight is 312 g/mol. The fraction of sp³-hybridized carbons (Fsp3) is 0.533. The molecule has 0 N–H and O–H groups in total. The zero-order valence-electron chi connectivity index (χ0n) is 11.6. The molecule has 0 bridgehead atoms. The summed E-state index contributed by atoms with van der Waals surface area (Å²) in [5, 5.41) is 0.768. The maximum Gasteiger partial charge on any atom is 0.111 e.